The second-order valence-electron chi connectivity index (χ2n) is 5.62. The molecule has 0 amide bonds. The summed E-state index contributed by atoms with van der Waals surface area (Å²) in [6, 6.07) is 12.0. The number of hydrogen-bond acceptors (Lipinski definition) is 0. The van der Waals surface area contributed by atoms with Crippen molar-refractivity contribution in [2.75, 3.05) is 0 Å². The van der Waals surface area contributed by atoms with Gasteiger partial charge in [-0.3, -0.25) is 0 Å². The van der Waals surface area contributed by atoms with Gasteiger partial charge in [-0.05, 0) is 36.0 Å². The molecule has 3 heteroatoms. The number of hydrogen-bond donors (Lipinski definition) is 0. The fourth-order valence-corrected chi connectivity index (χ4v) is 4.01. The monoisotopic (exact) mass is 366 g/mol. The molecule has 21 heavy (non-hydrogen) atoms. The summed E-state index contributed by atoms with van der Waals surface area (Å²) in [5.74, 6) is 0.626. The molecule has 0 radical (unpaired) electrons. The number of rotatable bonds is 3. The highest BCUT2D eigenvalue weighted by molar-refractivity contribution is 9.10. The van der Waals surface area contributed by atoms with Crippen LogP contribution >= 0.6 is 27.5 Å². The molecule has 0 unspecified atom stereocenters. The molecule has 1 aliphatic carbocycles. The van der Waals surface area contributed by atoms with Gasteiger partial charge >= 0.3 is 0 Å². The zero-order valence-corrected chi connectivity index (χ0v) is 14.1. The van der Waals surface area contributed by atoms with Gasteiger partial charge < -0.3 is 0 Å². The molecule has 0 aliphatic heterocycles. The summed E-state index contributed by atoms with van der Waals surface area (Å²) in [6.07, 6.45) is 5.21. The molecule has 0 saturated heterocycles. The van der Waals surface area contributed by atoms with Crippen LogP contribution < -0.4 is 0 Å². The Balaban J connectivity index is 1.94. The Hall–Kier alpha value is -0.860. The van der Waals surface area contributed by atoms with Crippen LogP contribution in [0.25, 0.3) is 11.1 Å². The van der Waals surface area contributed by atoms with E-state index in [1.807, 2.05) is 18.2 Å². The predicted octanol–water partition coefficient (Wildman–Crippen LogP) is 6.65. The summed E-state index contributed by atoms with van der Waals surface area (Å²) < 4.78 is 15.2. The molecule has 1 fully saturated rings. The lowest BCUT2D eigenvalue weighted by atomic mass is 9.94. The average Bonchev–Trinajstić information content (AvgIpc) is 3.02. The quantitative estimate of drug-likeness (QED) is 0.533. The minimum absolute atomic E-state index is 0.167. The molecular formula is C18H17BrClF. The molecule has 2 aromatic rings. The van der Waals surface area contributed by atoms with Crippen molar-refractivity contribution in [3.05, 3.63) is 57.8 Å². The molecule has 0 spiro atoms. The average molecular weight is 368 g/mol. The van der Waals surface area contributed by atoms with Gasteiger partial charge in [0.2, 0.25) is 0 Å². The van der Waals surface area contributed by atoms with E-state index in [-0.39, 0.29) is 11.7 Å². The fourth-order valence-electron chi connectivity index (χ4n) is 3.14. The van der Waals surface area contributed by atoms with Crippen molar-refractivity contribution >= 4 is 27.5 Å². The van der Waals surface area contributed by atoms with Gasteiger partial charge in [0.15, 0.2) is 0 Å². The van der Waals surface area contributed by atoms with Crippen molar-refractivity contribution in [2.24, 2.45) is 0 Å². The molecule has 1 saturated carbocycles. The van der Waals surface area contributed by atoms with Gasteiger partial charge in [-0.1, -0.05) is 59.1 Å². The van der Waals surface area contributed by atoms with Crippen molar-refractivity contribution in [3.8, 4) is 11.1 Å². The van der Waals surface area contributed by atoms with Gasteiger partial charge in [0.1, 0.15) is 5.82 Å². The Bertz CT molecular complexity index is 630. The van der Waals surface area contributed by atoms with Gasteiger partial charge in [-0.25, -0.2) is 4.39 Å². The molecule has 0 heterocycles. The summed E-state index contributed by atoms with van der Waals surface area (Å²) in [6.45, 7) is 0. The van der Waals surface area contributed by atoms with E-state index in [2.05, 4.69) is 28.1 Å². The van der Waals surface area contributed by atoms with Gasteiger partial charge in [0.05, 0.1) is 5.88 Å². The van der Waals surface area contributed by atoms with E-state index in [0.29, 0.717) is 17.0 Å². The highest BCUT2D eigenvalue weighted by Crippen LogP contribution is 2.36. The first kappa shape index (κ1) is 15.1. The first-order valence-corrected chi connectivity index (χ1v) is 8.66. The van der Waals surface area contributed by atoms with Crippen molar-refractivity contribution in [1.82, 2.24) is 0 Å². The van der Waals surface area contributed by atoms with Gasteiger partial charge in [-0.2, -0.15) is 0 Å². The molecule has 0 nitrogen and oxygen atoms in total. The van der Waals surface area contributed by atoms with Crippen LogP contribution in [0.1, 0.15) is 42.7 Å². The van der Waals surface area contributed by atoms with E-state index in [0.717, 1.165) is 10.0 Å². The standard InChI is InChI=1S/C18H17BrClF/c19-17-10-9-15(18(21)16(17)11-20)14-7-5-13(6-8-14)12-3-1-2-4-12/h5-10,12H,1-4,11H2. The van der Waals surface area contributed by atoms with Gasteiger partial charge in [0, 0.05) is 15.6 Å². The molecule has 2 aromatic carbocycles. The molecule has 3 rings (SSSR count). The minimum Gasteiger partial charge on any atom is -0.206 e. The first-order valence-electron chi connectivity index (χ1n) is 7.34. The Labute approximate surface area is 138 Å². The Morgan fingerprint density at radius 2 is 1.71 bits per heavy atom. The smallest absolute Gasteiger partial charge is 0.136 e. The molecule has 0 N–H and O–H groups in total. The van der Waals surface area contributed by atoms with Crippen LogP contribution in [0.5, 0.6) is 0 Å². The molecule has 0 bridgehead atoms. The van der Waals surface area contributed by atoms with E-state index in [1.165, 1.54) is 31.2 Å². The lowest BCUT2D eigenvalue weighted by Gasteiger charge is -2.12. The Kier molecular flexibility index (Phi) is 4.66. The topological polar surface area (TPSA) is 0 Å². The zero-order valence-electron chi connectivity index (χ0n) is 11.7. The fraction of sp³-hybridized carbons (Fsp3) is 0.333. The van der Waals surface area contributed by atoms with Gasteiger partial charge in [-0.15, -0.1) is 11.6 Å². The lowest BCUT2D eigenvalue weighted by molar-refractivity contribution is 0.619. The molecular weight excluding hydrogens is 351 g/mol. The number of benzene rings is 2. The second kappa shape index (κ2) is 6.50. The van der Waals surface area contributed by atoms with Crippen LogP contribution in [0.3, 0.4) is 0 Å². The summed E-state index contributed by atoms with van der Waals surface area (Å²) in [4.78, 5) is 0. The third-order valence-electron chi connectivity index (χ3n) is 4.37. The Morgan fingerprint density at radius 1 is 1.05 bits per heavy atom. The largest absolute Gasteiger partial charge is 0.206 e. The maximum absolute atomic E-state index is 14.5. The van der Waals surface area contributed by atoms with E-state index in [9.17, 15) is 4.39 Å². The van der Waals surface area contributed by atoms with Crippen LogP contribution in [0.2, 0.25) is 0 Å². The molecule has 0 aromatic heterocycles. The van der Waals surface area contributed by atoms with E-state index >= 15 is 0 Å². The third-order valence-corrected chi connectivity index (χ3v) is 5.38. The van der Waals surface area contributed by atoms with E-state index < -0.39 is 0 Å². The van der Waals surface area contributed by atoms with Crippen LogP contribution in [0.4, 0.5) is 4.39 Å². The second-order valence-corrected chi connectivity index (χ2v) is 6.75. The third kappa shape index (κ3) is 3.02. The minimum atomic E-state index is -0.229. The van der Waals surface area contributed by atoms with Crippen LogP contribution in [-0.2, 0) is 5.88 Å². The summed E-state index contributed by atoms with van der Waals surface area (Å²) in [7, 11) is 0. The number of halogens is 3. The van der Waals surface area contributed by atoms with E-state index in [1.54, 1.807) is 6.07 Å². The van der Waals surface area contributed by atoms with Crippen molar-refractivity contribution in [2.45, 2.75) is 37.5 Å². The van der Waals surface area contributed by atoms with Crippen LogP contribution in [-0.4, -0.2) is 0 Å². The summed E-state index contributed by atoms with van der Waals surface area (Å²) >= 11 is 9.18. The molecule has 0 atom stereocenters. The normalized spacial score (nSPS) is 15.6. The number of alkyl halides is 1. The maximum atomic E-state index is 14.5. The van der Waals surface area contributed by atoms with Gasteiger partial charge in [0.25, 0.3) is 0 Å². The zero-order chi connectivity index (χ0) is 14.8. The van der Waals surface area contributed by atoms with E-state index in [4.69, 9.17) is 11.6 Å². The van der Waals surface area contributed by atoms with Crippen molar-refractivity contribution in [1.29, 1.82) is 0 Å². The summed E-state index contributed by atoms with van der Waals surface area (Å²) in [5, 5.41) is 0. The molecule has 110 valence electrons. The molecule has 1 aliphatic rings. The van der Waals surface area contributed by atoms with Crippen LogP contribution in [0, 0.1) is 5.82 Å². The maximum Gasteiger partial charge on any atom is 0.136 e. The van der Waals surface area contributed by atoms with Crippen molar-refractivity contribution in [3.63, 3.8) is 0 Å². The highest BCUT2D eigenvalue weighted by atomic mass is 79.9. The van der Waals surface area contributed by atoms with Crippen molar-refractivity contribution < 1.29 is 4.39 Å². The van der Waals surface area contributed by atoms with Crippen LogP contribution in [0.15, 0.2) is 40.9 Å². The predicted molar refractivity (Wildman–Crippen MR) is 90.3 cm³/mol. The summed E-state index contributed by atoms with van der Waals surface area (Å²) in [5.41, 5.74) is 3.43. The lowest BCUT2D eigenvalue weighted by Crippen LogP contribution is -1.95. The highest BCUT2D eigenvalue weighted by Gasteiger charge is 2.17. The Morgan fingerprint density at radius 3 is 2.33 bits per heavy atom. The first-order chi connectivity index (χ1) is 10.2. The SMILES string of the molecule is Fc1c(-c2ccc(C3CCCC3)cc2)ccc(Br)c1CCl.